The van der Waals surface area contributed by atoms with Gasteiger partial charge in [0.25, 0.3) is 5.91 Å². The molecule has 1 aliphatic rings. The van der Waals surface area contributed by atoms with Crippen molar-refractivity contribution in [3.63, 3.8) is 0 Å². The Hall–Kier alpha value is -1.09. The van der Waals surface area contributed by atoms with Crippen LogP contribution >= 0.6 is 0 Å². The number of carbonyl (C=O) groups is 1. The average molecular weight is 307 g/mol. The van der Waals surface area contributed by atoms with Gasteiger partial charge < -0.3 is 10.4 Å². The van der Waals surface area contributed by atoms with E-state index in [1.165, 1.54) is 19.4 Å². The Balaban J connectivity index is 2.57. The van der Waals surface area contributed by atoms with Crippen molar-refractivity contribution in [3.8, 4) is 0 Å². The van der Waals surface area contributed by atoms with Gasteiger partial charge in [-0.2, -0.15) is 0 Å². The predicted molar refractivity (Wildman–Crippen MR) is 92.5 cm³/mol. The van der Waals surface area contributed by atoms with E-state index < -0.39 is 5.60 Å². The molecule has 3 nitrogen and oxygen atoms in total. The van der Waals surface area contributed by atoms with E-state index in [9.17, 15) is 9.90 Å². The van der Waals surface area contributed by atoms with Gasteiger partial charge in [-0.05, 0) is 65.2 Å². The van der Waals surface area contributed by atoms with Gasteiger partial charge in [-0.1, -0.05) is 37.6 Å². The van der Waals surface area contributed by atoms with E-state index >= 15 is 0 Å². The highest BCUT2D eigenvalue weighted by atomic mass is 16.3. The molecule has 3 heteroatoms. The number of hydrogen-bond acceptors (Lipinski definition) is 2. The molecule has 0 radical (unpaired) electrons. The van der Waals surface area contributed by atoms with E-state index in [0.29, 0.717) is 11.8 Å². The monoisotopic (exact) mass is 307 g/mol. The molecular formula is C19H33NO2. The zero-order chi connectivity index (χ0) is 17.0. The fourth-order valence-electron chi connectivity index (χ4n) is 2.83. The molecule has 0 spiro atoms. The fraction of sp³-hybridized carbons (Fsp3) is 0.737. The summed E-state index contributed by atoms with van der Waals surface area (Å²) in [5.74, 6) is 0.903. The van der Waals surface area contributed by atoms with Gasteiger partial charge in [-0.25, -0.2) is 0 Å². The maximum atomic E-state index is 12.0. The van der Waals surface area contributed by atoms with Crippen LogP contribution in [0.3, 0.4) is 0 Å². The SMILES string of the molecule is C/C(=C\C=C\C(C)C)C1CCC(C)(NC(=O)C(C)(C)O)CC1. The van der Waals surface area contributed by atoms with Crippen LogP contribution in [0.5, 0.6) is 0 Å². The first-order chi connectivity index (χ1) is 10.0. The molecular weight excluding hydrogens is 274 g/mol. The minimum Gasteiger partial charge on any atom is -0.381 e. The molecule has 0 saturated heterocycles. The third kappa shape index (κ3) is 5.96. The number of allylic oxidation sites excluding steroid dienone is 4. The topological polar surface area (TPSA) is 49.3 Å². The van der Waals surface area contributed by atoms with Crippen LogP contribution in [-0.2, 0) is 4.79 Å². The first-order valence-corrected chi connectivity index (χ1v) is 8.43. The third-order valence-electron chi connectivity index (χ3n) is 4.56. The molecule has 2 N–H and O–H groups in total. The van der Waals surface area contributed by atoms with Gasteiger partial charge in [0.15, 0.2) is 0 Å². The first-order valence-electron chi connectivity index (χ1n) is 8.43. The van der Waals surface area contributed by atoms with Gasteiger partial charge in [0, 0.05) is 5.54 Å². The van der Waals surface area contributed by atoms with Crippen molar-refractivity contribution in [2.45, 2.75) is 78.4 Å². The van der Waals surface area contributed by atoms with E-state index in [4.69, 9.17) is 0 Å². The highest BCUT2D eigenvalue weighted by Crippen LogP contribution is 2.35. The lowest BCUT2D eigenvalue weighted by Gasteiger charge is -2.39. The minimum atomic E-state index is -1.31. The van der Waals surface area contributed by atoms with Crippen LogP contribution < -0.4 is 5.32 Å². The Morgan fingerprint density at radius 2 is 1.86 bits per heavy atom. The molecule has 0 heterocycles. The lowest BCUT2D eigenvalue weighted by atomic mass is 9.75. The standard InChI is InChI=1S/C19H33NO2/c1-14(2)8-7-9-15(3)16-10-12-19(6,13-11-16)20-17(21)18(4,5)22/h7-9,14,16,22H,10-13H2,1-6H3,(H,20,21)/b8-7+,15-9+. The van der Waals surface area contributed by atoms with E-state index in [2.05, 4.69) is 51.2 Å². The molecule has 0 aliphatic heterocycles. The maximum absolute atomic E-state index is 12.0. The molecule has 0 atom stereocenters. The number of carbonyl (C=O) groups excluding carboxylic acids is 1. The average Bonchev–Trinajstić information content (AvgIpc) is 2.37. The summed E-state index contributed by atoms with van der Waals surface area (Å²) >= 11 is 0. The maximum Gasteiger partial charge on any atom is 0.251 e. The van der Waals surface area contributed by atoms with Crippen molar-refractivity contribution < 1.29 is 9.90 Å². The summed E-state index contributed by atoms with van der Waals surface area (Å²) in [5, 5.41) is 12.8. The van der Waals surface area contributed by atoms with Crippen molar-refractivity contribution in [2.24, 2.45) is 11.8 Å². The summed E-state index contributed by atoms with van der Waals surface area (Å²) in [6.45, 7) is 11.7. The van der Waals surface area contributed by atoms with Gasteiger partial charge >= 0.3 is 0 Å². The van der Waals surface area contributed by atoms with Gasteiger partial charge in [-0.3, -0.25) is 4.79 Å². The second-order valence-corrected chi connectivity index (χ2v) is 7.89. The van der Waals surface area contributed by atoms with Crippen molar-refractivity contribution in [1.29, 1.82) is 0 Å². The molecule has 0 aromatic heterocycles. The van der Waals surface area contributed by atoms with Gasteiger partial charge in [0.1, 0.15) is 5.60 Å². The summed E-state index contributed by atoms with van der Waals surface area (Å²) in [6, 6.07) is 0. The first kappa shape index (κ1) is 19.0. The Morgan fingerprint density at radius 3 is 2.32 bits per heavy atom. The number of rotatable bonds is 5. The van der Waals surface area contributed by atoms with Crippen LogP contribution in [0, 0.1) is 11.8 Å². The van der Waals surface area contributed by atoms with Crippen LogP contribution in [-0.4, -0.2) is 22.2 Å². The summed E-state index contributed by atoms with van der Waals surface area (Å²) < 4.78 is 0. The van der Waals surface area contributed by atoms with E-state index in [1.54, 1.807) is 0 Å². The van der Waals surface area contributed by atoms with Crippen LogP contribution in [0.25, 0.3) is 0 Å². The molecule has 1 amide bonds. The molecule has 0 aromatic rings. The van der Waals surface area contributed by atoms with Crippen LogP contribution in [0.1, 0.15) is 67.2 Å². The van der Waals surface area contributed by atoms with E-state index in [-0.39, 0.29) is 11.4 Å². The molecule has 1 saturated carbocycles. The van der Waals surface area contributed by atoms with Crippen molar-refractivity contribution in [1.82, 2.24) is 5.32 Å². The van der Waals surface area contributed by atoms with Crippen molar-refractivity contribution in [2.75, 3.05) is 0 Å². The Labute approximate surface area is 135 Å². The van der Waals surface area contributed by atoms with E-state index in [1.807, 2.05) is 0 Å². The van der Waals surface area contributed by atoms with Crippen LogP contribution in [0.2, 0.25) is 0 Å². The Kier molecular flexibility index (Phi) is 6.42. The smallest absolute Gasteiger partial charge is 0.251 e. The predicted octanol–water partition coefficient (Wildman–Crippen LogP) is 3.98. The highest BCUT2D eigenvalue weighted by Gasteiger charge is 2.36. The second-order valence-electron chi connectivity index (χ2n) is 7.89. The quantitative estimate of drug-likeness (QED) is 0.755. The molecule has 1 aliphatic carbocycles. The highest BCUT2D eigenvalue weighted by molar-refractivity contribution is 5.84. The molecule has 22 heavy (non-hydrogen) atoms. The lowest BCUT2D eigenvalue weighted by molar-refractivity contribution is -0.138. The second kappa shape index (κ2) is 7.45. The molecule has 1 fully saturated rings. The van der Waals surface area contributed by atoms with Crippen LogP contribution in [0.15, 0.2) is 23.8 Å². The summed E-state index contributed by atoms with van der Waals surface area (Å²) in [7, 11) is 0. The largest absolute Gasteiger partial charge is 0.381 e. The Morgan fingerprint density at radius 1 is 1.32 bits per heavy atom. The van der Waals surface area contributed by atoms with Crippen LogP contribution in [0.4, 0.5) is 0 Å². The van der Waals surface area contributed by atoms with Gasteiger partial charge in [-0.15, -0.1) is 0 Å². The van der Waals surface area contributed by atoms with Gasteiger partial charge in [0.05, 0.1) is 0 Å². The minimum absolute atomic E-state index is 0.193. The number of amides is 1. The normalized spacial score (nSPS) is 27.5. The lowest BCUT2D eigenvalue weighted by Crippen LogP contribution is -2.54. The summed E-state index contributed by atoms with van der Waals surface area (Å²) in [6.07, 6.45) is 10.7. The molecule has 0 aromatic carbocycles. The zero-order valence-electron chi connectivity index (χ0n) is 15.1. The molecule has 126 valence electrons. The third-order valence-corrected chi connectivity index (χ3v) is 4.56. The Bertz CT molecular complexity index is 433. The molecule has 1 rings (SSSR count). The summed E-state index contributed by atoms with van der Waals surface area (Å²) in [5.41, 5.74) is -0.0772. The van der Waals surface area contributed by atoms with Crippen molar-refractivity contribution >= 4 is 5.91 Å². The fourth-order valence-corrected chi connectivity index (χ4v) is 2.83. The van der Waals surface area contributed by atoms with E-state index in [0.717, 1.165) is 25.7 Å². The molecule has 0 unspecified atom stereocenters. The summed E-state index contributed by atoms with van der Waals surface area (Å²) in [4.78, 5) is 12.0. The number of aliphatic hydroxyl groups is 1. The number of nitrogens with one attached hydrogen (secondary N) is 1. The molecule has 0 bridgehead atoms. The van der Waals surface area contributed by atoms with Gasteiger partial charge in [0.2, 0.25) is 0 Å². The number of hydrogen-bond donors (Lipinski definition) is 2. The van der Waals surface area contributed by atoms with Crippen molar-refractivity contribution in [3.05, 3.63) is 23.8 Å². The zero-order valence-corrected chi connectivity index (χ0v) is 15.1.